The van der Waals surface area contributed by atoms with Crippen LogP contribution in [0.5, 0.6) is 0 Å². The monoisotopic (exact) mass is 229 g/mol. The molecule has 1 rings (SSSR count). The molecule has 0 aliphatic heterocycles. The highest BCUT2D eigenvalue weighted by Crippen LogP contribution is 2.20. The zero-order valence-corrected chi connectivity index (χ0v) is 10.4. The normalized spacial score (nSPS) is 20.9. The van der Waals surface area contributed by atoms with Crippen LogP contribution in [0.15, 0.2) is 0 Å². The van der Waals surface area contributed by atoms with Gasteiger partial charge in [-0.2, -0.15) is 0 Å². The molecule has 0 aromatic heterocycles. The number of rotatable bonds is 8. The molecule has 0 bridgehead atoms. The fourth-order valence-electron chi connectivity index (χ4n) is 2.23. The summed E-state index contributed by atoms with van der Waals surface area (Å²) in [6.07, 6.45) is 3.77. The first-order valence-corrected chi connectivity index (χ1v) is 6.04. The molecule has 1 aliphatic rings. The summed E-state index contributed by atoms with van der Waals surface area (Å²) in [6, 6.07) is 0.131. The number of hydrogen-bond acceptors (Lipinski definition) is 4. The van der Waals surface area contributed by atoms with E-state index >= 15 is 0 Å². The second-order valence-corrected chi connectivity index (χ2v) is 4.25. The van der Waals surface area contributed by atoms with E-state index in [9.17, 15) is 4.79 Å². The van der Waals surface area contributed by atoms with Gasteiger partial charge in [0.05, 0.1) is 12.6 Å². The van der Waals surface area contributed by atoms with E-state index < -0.39 is 0 Å². The van der Waals surface area contributed by atoms with E-state index in [1.54, 1.807) is 14.2 Å². The maximum absolute atomic E-state index is 11.7. The number of methoxy groups -OCH3 is 2. The molecule has 16 heavy (non-hydrogen) atoms. The lowest BCUT2D eigenvalue weighted by Gasteiger charge is -2.27. The van der Waals surface area contributed by atoms with E-state index in [1.165, 1.54) is 0 Å². The van der Waals surface area contributed by atoms with Crippen molar-refractivity contribution in [3.05, 3.63) is 0 Å². The molecule has 0 radical (unpaired) electrons. The standard InChI is InChI=1S/C12H23NO3/c1-15-9-4-7-13(8-10-16-2)11-5-3-6-12(11)14/h11H,3-10H2,1-2H3. The molecule has 1 saturated carbocycles. The van der Waals surface area contributed by atoms with Gasteiger partial charge in [-0.15, -0.1) is 0 Å². The first kappa shape index (κ1) is 13.6. The average molecular weight is 229 g/mol. The number of Topliss-reactive ketones (excluding diaryl/α,β-unsaturated/α-hetero) is 1. The van der Waals surface area contributed by atoms with Crippen molar-refractivity contribution in [1.82, 2.24) is 4.90 Å². The van der Waals surface area contributed by atoms with Crippen molar-refractivity contribution in [3.63, 3.8) is 0 Å². The maximum Gasteiger partial charge on any atom is 0.149 e. The van der Waals surface area contributed by atoms with E-state index in [1.807, 2.05) is 0 Å². The molecule has 0 spiro atoms. The summed E-state index contributed by atoms with van der Waals surface area (Å²) >= 11 is 0. The first-order chi connectivity index (χ1) is 7.79. The third kappa shape index (κ3) is 4.20. The molecule has 0 amide bonds. The van der Waals surface area contributed by atoms with E-state index in [0.717, 1.165) is 45.4 Å². The maximum atomic E-state index is 11.7. The van der Waals surface area contributed by atoms with Crippen LogP contribution in [0.2, 0.25) is 0 Å². The Labute approximate surface area is 97.9 Å². The quantitative estimate of drug-likeness (QED) is 0.584. The summed E-state index contributed by atoms with van der Waals surface area (Å²) in [5.74, 6) is 0.397. The Morgan fingerprint density at radius 2 is 2.00 bits per heavy atom. The van der Waals surface area contributed by atoms with Crippen molar-refractivity contribution in [3.8, 4) is 0 Å². The van der Waals surface area contributed by atoms with Gasteiger partial charge in [0.25, 0.3) is 0 Å². The van der Waals surface area contributed by atoms with Gasteiger partial charge in [-0.1, -0.05) is 0 Å². The molecular formula is C12H23NO3. The SMILES string of the molecule is COCCCN(CCOC)C1CCCC1=O. The van der Waals surface area contributed by atoms with Crippen LogP contribution in [-0.2, 0) is 14.3 Å². The van der Waals surface area contributed by atoms with Gasteiger partial charge in [-0.05, 0) is 19.3 Å². The Balaban J connectivity index is 2.38. The van der Waals surface area contributed by atoms with Crippen LogP contribution >= 0.6 is 0 Å². The zero-order valence-electron chi connectivity index (χ0n) is 10.4. The number of carbonyl (C=O) groups excluding carboxylic acids is 1. The zero-order chi connectivity index (χ0) is 11.8. The second kappa shape index (κ2) is 7.76. The summed E-state index contributed by atoms with van der Waals surface area (Å²) < 4.78 is 10.1. The van der Waals surface area contributed by atoms with E-state index in [2.05, 4.69) is 4.90 Å². The van der Waals surface area contributed by atoms with Gasteiger partial charge in [0.15, 0.2) is 0 Å². The minimum atomic E-state index is 0.131. The van der Waals surface area contributed by atoms with Crippen LogP contribution < -0.4 is 0 Å². The predicted octanol–water partition coefficient (Wildman–Crippen LogP) is 1.09. The number of carbonyl (C=O) groups is 1. The molecule has 0 aromatic carbocycles. The van der Waals surface area contributed by atoms with Crippen LogP contribution in [0.3, 0.4) is 0 Å². The fourth-order valence-corrected chi connectivity index (χ4v) is 2.23. The lowest BCUT2D eigenvalue weighted by Crippen LogP contribution is -2.41. The molecule has 0 heterocycles. The summed E-state index contributed by atoms with van der Waals surface area (Å²) in [5, 5.41) is 0. The van der Waals surface area contributed by atoms with Crippen LogP contribution in [0.1, 0.15) is 25.7 Å². The Morgan fingerprint density at radius 1 is 1.25 bits per heavy atom. The molecule has 1 unspecified atom stereocenters. The van der Waals surface area contributed by atoms with Crippen molar-refractivity contribution in [2.45, 2.75) is 31.7 Å². The predicted molar refractivity (Wildman–Crippen MR) is 62.6 cm³/mol. The summed E-state index contributed by atoms with van der Waals surface area (Å²) in [4.78, 5) is 13.9. The molecule has 0 saturated heterocycles. The number of ketones is 1. The second-order valence-electron chi connectivity index (χ2n) is 4.25. The van der Waals surface area contributed by atoms with Gasteiger partial charge >= 0.3 is 0 Å². The van der Waals surface area contributed by atoms with Crippen molar-refractivity contribution < 1.29 is 14.3 Å². The molecule has 1 aliphatic carbocycles. The van der Waals surface area contributed by atoms with Gasteiger partial charge in [-0.3, -0.25) is 9.69 Å². The number of hydrogen-bond donors (Lipinski definition) is 0. The highest BCUT2D eigenvalue weighted by atomic mass is 16.5. The van der Waals surface area contributed by atoms with Crippen LogP contribution in [0.4, 0.5) is 0 Å². The number of ether oxygens (including phenoxy) is 2. The van der Waals surface area contributed by atoms with Gasteiger partial charge in [-0.25, -0.2) is 0 Å². The topological polar surface area (TPSA) is 38.8 Å². The molecular weight excluding hydrogens is 206 g/mol. The highest BCUT2D eigenvalue weighted by molar-refractivity contribution is 5.85. The minimum absolute atomic E-state index is 0.131. The van der Waals surface area contributed by atoms with Crippen LogP contribution in [0, 0.1) is 0 Å². The van der Waals surface area contributed by atoms with Gasteiger partial charge in [0, 0.05) is 40.3 Å². The molecule has 1 atom stereocenters. The lowest BCUT2D eigenvalue weighted by atomic mass is 10.2. The lowest BCUT2D eigenvalue weighted by molar-refractivity contribution is -0.122. The van der Waals surface area contributed by atoms with Crippen molar-refractivity contribution in [1.29, 1.82) is 0 Å². The summed E-state index contributed by atoms with van der Waals surface area (Å²) in [6.45, 7) is 3.21. The van der Waals surface area contributed by atoms with E-state index in [0.29, 0.717) is 12.4 Å². The third-order valence-corrected chi connectivity index (χ3v) is 3.09. The minimum Gasteiger partial charge on any atom is -0.385 e. The summed E-state index contributed by atoms with van der Waals surface area (Å²) in [7, 11) is 3.41. The highest BCUT2D eigenvalue weighted by Gasteiger charge is 2.29. The smallest absolute Gasteiger partial charge is 0.149 e. The average Bonchev–Trinajstić information content (AvgIpc) is 2.70. The largest absolute Gasteiger partial charge is 0.385 e. The Morgan fingerprint density at radius 3 is 2.56 bits per heavy atom. The van der Waals surface area contributed by atoms with Crippen LogP contribution in [0.25, 0.3) is 0 Å². The molecule has 0 N–H and O–H groups in total. The Kier molecular flexibility index (Phi) is 6.61. The van der Waals surface area contributed by atoms with Gasteiger partial charge in [0.1, 0.15) is 5.78 Å². The van der Waals surface area contributed by atoms with Gasteiger partial charge in [0.2, 0.25) is 0 Å². The van der Waals surface area contributed by atoms with Gasteiger partial charge < -0.3 is 9.47 Å². The first-order valence-electron chi connectivity index (χ1n) is 6.04. The molecule has 4 nitrogen and oxygen atoms in total. The van der Waals surface area contributed by atoms with Crippen molar-refractivity contribution >= 4 is 5.78 Å². The molecule has 0 aromatic rings. The molecule has 4 heteroatoms. The number of nitrogens with zero attached hydrogens (tertiary/aromatic N) is 1. The molecule has 1 fully saturated rings. The Bertz CT molecular complexity index is 208. The third-order valence-electron chi connectivity index (χ3n) is 3.09. The van der Waals surface area contributed by atoms with E-state index in [4.69, 9.17) is 9.47 Å². The van der Waals surface area contributed by atoms with E-state index in [-0.39, 0.29) is 6.04 Å². The molecule has 94 valence electrons. The van der Waals surface area contributed by atoms with Crippen molar-refractivity contribution in [2.24, 2.45) is 0 Å². The van der Waals surface area contributed by atoms with Crippen molar-refractivity contribution in [2.75, 3.05) is 40.5 Å². The fraction of sp³-hybridized carbons (Fsp3) is 0.917. The summed E-state index contributed by atoms with van der Waals surface area (Å²) in [5.41, 5.74) is 0. The van der Waals surface area contributed by atoms with Crippen LogP contribution in [-0.4, -0.2) is 57.2 Å². The Hall–Kier alpha value is -0.450.